The predicted octanol–water partition coefficient (Wildman–Crippen LogP) is -2.28. The number of carbonyl (C=O) groups is 3. The van der Waals surface area contributed by atoms with Crippen molar-refractivity contribution in [2.75, 3.05) is 6.61 Å². The van der Waals surface area contributed by atoms with Crippen LogP contribution in [0.5, 0.6) is 0 Å². The molecule has 5 N–H and O–H groups in total. The van der Waals surface area contributed by atoms with E-state index < -0.39 is 54.2 Å². The molecule has 2 rings (SSSR count). The third-order valence-electron chi connectivity index (χ3n) is 3.47. The van der Waals surface area contributed by atoms with Gasteiger partial charge in [0.1, 0.15) is 24.9 Å². The monoisotopic (exact) mass is 331 g/mol. The van der Waals surface area contributed by atoms with E-state index in [4.69, 9.17) is 30.4 Å². The highest BCUT2D eigenvalue weighted by atomic mass is 16.8. The molecule has 10 heteroatoms. The number of primary amides is 1. The average molecular weight is 331 g/mol. The molecule has 0 aromatic rings. The Morgan fingerprint density at radius 2 is 1.87 bits per heavy atom. The number of rotatable bonds is 5. The van der Waals surface area contributed by atoms with E-state index in [1.807, 2.05) is 0 Å². The number of nitrogens with one attached hydrogen (secondary N) is 1. The second kappa shape index (κ2) is 6.40. The maximum absolute atomic E-state index is 11.9. The third-order valence-corrected chi connectivity index (χ3v) is 3.47. The van der Waals surface area contributed by atoms with Gasteiger partial charge in [0.05, 0.1) is 0 Å². The predicted molar refractivity (Wildman–Crippen MR) is 74.4 cm³/mol. The topological polar surface area (TPSA) is 152 Å². The van der Waals surface area contributed by atoms with E-state index in [0.29, 0.717) is 0 Å². The number of amides is 2. The van der Waals surface area contributed by atoms with Gasteiger partial charge in [-0.15, -0.1) is 0 Å². The summed E-state index contributed by atoms with van der Waals surface area (Å²) in [6.07, 6.45) is -2.70. The summed E-state index contributed by atoms with van der Waals surface area (Å²) < 4.78 is 22.0. The van der Waals surface area contributed by atoms with Crippen LogP contribution in [-0.4, -0.2) is 60.8 Å². The lowest BCUT2D eigenvalue weighted by Crippen LogP contribution is -2.54. The SMILES string of the molecule is CC(=O)OC[C@H]1O[C@@H](NC(=O)C(N)C(N)=O)[C@@H]2OC(C)(C)O[C@@H]21. The summed E-state index contributed by atoms with van der Waals surface area (Å²) >= 11 is 0. The molecule has 0 aromatic heterocycles. The fraction of sp³-hybridized carbons (Fsp3) is 0.769. The van der Waals surface area contributed by atoms with Crippen molar-refractivity contribution in [3.63, 3.8) is 0 Å². The number of hydrogen-bond donors (Lipinski definition) is 3. The average Bonchev–Trinajstić information content (AvgIpc) is 2.90. The van der Waals surface area contributed by atoms with Gasteiger partial charge in [-0.1, -0.05) is 0 Å². The molecule has 1 unspecified atom stereocenters. The highest BCUT2D eigenvalue weighted by molar-refractivity contribution is 6.03. The van der Waals surface area contributed by atoms with E-state index >= 15 is 0 Å². The molecule has 2 fully saturated rings. The zero-order valence-corrected chi connectivity index (χ0v) is 13.1. The first kappa shape index (κ1) is 17.6. The van der Waals surface area contributed by atoms with Crippen LogP contribution in [-0.2, 0) is 33.3 Å². The number of ether oxygens (including phenoxy) is 4. The lowest BCUT2D eigenvalue weighted by Gasteiger charge is -2.24. The summed E-state index contributed by atoms with van der Waals surface area (Å²) in [6, 6.07) is -1.50. The van der Waals surface area contributed by atoms with Gasteiger partial charge in [0.2, 0.25) is 11.8 Å². The van der Waals surface area contributed by atoms with Gasteiger partial charge in [-0.3, -0.25) is 14.4 Å². The van der Waals surface area contributed by atoms with Crippen LogP contribution in [0.1, 0.15) is 20.8 Å². The van der Waals surface area contributed by atoms with Crippen LogP contribution in [0.2, 0.25) is 0 Å². The van der Waals surface area contributed by atoms with Gasteiger partial charge in [0.25, 0.3) is 0 Å². The molecule has 10 nitrogen and oxygen atoms in total. The van der Waals surface area contributed by atoms with Crippen molar-refractivity contribution in [3.8, 4) is 0 Å². The highest BCUT2D eigenvalue weighted by Gasteiger charge is 2.56. The molecule has 23 heavy (non-hydrogen) atoms. The summed E-state index contributed by atoms with van der Waals surface area (Å²) in [7, 11) is 0. The Morgan fingerprint density at radius 3 is 2.43 bits per heavy atom. The Hall–Kier alpha value is -1.75. The van der Waals surface area contributed by atoms with Crippen molar-refractivity contribution in [2.24, 2.45) is 11.5 Å². The Balaban J connectivity index is 2.06. The zero-order chi connectivity index (χ0) is 17.4. The molecule has 2 aliphatic heterocycles. The minimum Gasteiger partial charge on any atom is -0.463 e. The van der Waals surface area contributed by atoms with Crippen LogP contribution in [0.3, 0.4) is 0 Å². The smallest absolute Gasteiger partial charge is 0.302 e. The quantitative estimate of drug-likeness (QED) is 0.376. The minimum atomic E-state index is -1.50. The Morgan fingerprint density at radius 1 is 1.26 bits per heavy atom. The fourth-order valence-electron chi connectivity index (χ4n) is 2.49. The normalized spacial score (nSPS) is 32.9. The van der Waals surface area contributed by atoms with Gasteiger partial charge in [0, 0.05) is 6.92 Å². The van der Waals surface area contributed by atoms with Gasteiger partial charge in [-0.25, -0.2) is 0 Å². The second-order valence-electron chi connectivity index (χ2n) is 5.85. The van der Waals surface area contributed by atoms with Crippen LogP contribution < -0.4 is 16.8 Å². The van der Waals surface area contributed by atoms with Crippen molar-refractivity contribution in [3.05, 3.63) is 0 Å². The van der Waals surface area contributed by atoms with Gasteiger partial charge in [-0.2, -0.15) is 0 Å². The molecule has 0 aliphatic carbocycles. The maximum atomic E-state index is 11.9. The molecule has 0 spiro atoms. The zero-order valence-electron chi connectivity index (χ0n) is 13.1. The van der Waals surface area contributed by atoms with E-state index in [2.05, 4.69) is 5.32 Å². The summed E-state index contributed by atoms with van der Waals surface area (Å²) in [4.78, 5) is 33.8. The largest absolute Gasteiger partial charge is 0.463 e. The molecular formula is C13H21N3O7. The first-order chi connectivity index (χ1) is 10.6. The fourth-order valence-corrected chi connectivity index (χ4v) is 2.49. The Bertz CT molecular complexity index is 510. The molecule has 2 aliphatic rings. The standard InChI is InChI=1S/C13H21N3O7/c1-5(17)20-4-6-8-9(23-13(2,3)22-8)12(21-6)16-11(19)7(14)10(15)18/h6-9,12H,4,14H2,1-3H3,(H2,15,18)(H,16,19)/t6-,7?,8-,9-,12-/m1/s1. The van der Waals surface area contributed by atoms with Crippen molar-refractivity contribution in [2.45, 2.75) is 57.1 Å². The van der Waals surface area contributed by atoms with Gasteiger partial charge >= 0.3 is 5.97 Å². The first-order valence-electron chi connectivity index (χ1n) is 7.10. The maximum Gasteiger partial charge on any atom is 0.302 e. The van der Waals surface area contributed by atoms with E-state index in [0.717, 1.165) is 0 Å². The molecule has 2 amide bonds. The number of hydrogen-bond acceptors (Lipinski definition) is 8. The van der Waals surface area contributed by atoms with Crippen molar-refractivity contribution in [1.82, 2.24) is 5.32 Å². The van der Waals surface area contributed by atoms with Crippen LogP contribution in [0, 0.1) is 0 Å². The van der Waals surface area contributed by atoms with Gasteiger partial charge < -0.3 is 35.7 Å². The van der Waals surface area contributed by atoms with E-state index in [1.54, 1.807) is 13.8 Å². The van der Waals surface area contributed by atoms with Gasteiger partial charge in [0.15, 0.2) is 18.1 Å². The van der Waals surface area contributed by atoms with Crippen LogP contribution >= 0.6 is 0 Å². The second-order valence-corrected chi connectivity index (χ2v) is 5.85. The summed E-state index contributed by atoms with van der Waals surface area (Å²) in [6.45, 7) is 4.64. The number of esters is 1. The van der Waals surface area contributed by atoms with Crippen molar-refractivity contribution in [1.29, 1.82) is 0 Å². The lowest BCUT2D eigenvalue weighted by molar-refractivity contribution is -0.196. The Labute approximate surface area is 132 Å². The van der Waals surface area contributed by atoms with E-state index in [1.165, 1.54) is 6.92 Å². The molecular weight excluding hydrogens is 310 g/mol. The molecule has 2 heterocycles. The lowest BCUT2D eigenvalue weighted by atomic mass is 10.1. The number of nitrogens with two attached hydrogens (primary N) is 2. The molecule has 0 saturated carbocycles. The summed E-state index contributed by atoms with van der Waals surface area (Å²) in [5, 5.41) is 2.45. The third kappa shape index (κ3) is 3.96. The van der Waals surface area contributed by atoms with Crippen LogP contribution in [0.15, 0.2) is 0 Å². The van der Waals surface area contributed by atoms with Crippen LogP contribution in [0.25, 0.3) is 0 Å². The van der Waals surface area contributed by atoms with Crippen LogP contribution in [0.4, 0.5) is 0 Å². The van der Waals surface area contributed by atoms with E-state index in [9.17, 15) is 14.4 Å². The molecule has 130 valence electrons. The molecule has 2 saturated heterocycles. The molecule has 0 bridgehead atoms. The van der Waals surface area contributed by atoms with Crippen molar-refractivity contribution < 1.29 is 33.3 Å². The van der Waals surface area contributed by atoms with Crippen molar-refractivity contribution >= 4 is 17.8 Å². The Kier molecular flexibility index (Phi) is 4.90. The first-order valence-corrected chi connectivity index (χ1v) is 7.10. The summed E-state index contributed by atoms with van der Waals surface area (Å²) in [5.74, 6) is -3.10. The number of carbonyl (C=O) groups excluding carboxylic acids is 3. The number of fused-ring (bicyclic) bond motifs is 1. The van der Waals surface area contributed by atoms with E-state index in [-0.39, 0.29) is 6.61 Å². The van der Waals surface area contributed by atoms with Gasteiger partial charge in [-0.05, 0) is 13.8 Å². The molecule has 0 aromatic carbocycles. The molecule has 0 radical (unpaired) electrons. The highest BCUT2D eigenvalue weighted by Crippen LogP contribution is 2.38. The minimum absolute atomic E-state index is 0.0514. The molecule has 5 atom stereocenters. The summed E-state index contributed by atoms with van der Waals surface area (Å²) in [5.41, 5.74) is 10.4.